The van der Waals surface area contributed by atoms with Crippen LogP contribution in [0.1, 0.15) is 18.2 Å². The Kier molecular flexibility index (Phi) is 6.48. The summed E-state index contributed by atoms with van der Waals surface area (Å²) in [4.78, 5) is 31.6. The number of phosphoric acid groups is 1. The van der Waals surface area contributed by atoms with Crippen molar-refractivity contribution in [2.75, 3.05) is 6.61 Å². The van der Waals surface area contributed by atoms with E-state index in [4.69, 9.17) is 19.5 Å². The van der Waals surface area contributed by atoms with E-state index in [0.717, 1.165) is 10.9 Å². The summed E-state index contributed by atoms with van der Waals surface area (Å²) in [6, 6.07) is 8.28. The molecule has 0 unspecified atom stereocenters. The Hall–Kier alpha value is -1.58. The lowest BCUT2D eigenvalue weighted by Gasteiger charge is -2.16. The van der Waals surface area contributed by atoms with Gasteiger partial charge in [0.1, 0.15) is 12.3 Å². The fourth-order valence-corrected chi connectivity index (χ4v) is 5.27. The number of hydrogen-bond acceptors (Lipinski definition) is 8. The van der Waals surface area contributed by atoms with E-state index in [1.54, 1.807) is 28.9 Å². The van der Waals surface area contributed by atoms with Crippen molar-refractivity contribution in [1.82, 2.24) is 23.9 Å². The first-order valence-corrected chi connectivity index (χ1v) is 13.5. The predicted molar refractivity (Wildman–Crippen MR) is 128 cm³/mol. The molecule has 0 radical (unpaired) electrons. The average Bonchev–Trinajstić information content (AvgIpc) is 3.48. The van der Waals surface area contributed by atoms with Gasteiger partial charge < -0.3 is 19.6 Å². The number of thioether (sulfide) groups is 1. The second-order valence-corrected chi connectivity index (χ2v) is 10.9. The Morgan fingerprint density at radius 2 is 2.03 bits per heavy atom. The molecule has 5 rings (SSSR count). The summed E-state index contributed by atoms with van der Waals surface area (Å²) in [5.41, 5.74) is 2.96. The maximum atomic E-state index is 11.0. The highest BCUT2D eigenvalue weighted by Crippen LogP contribution is 2.39. The van der Waals surface area contributed by atoms with Crippen molar-refractivity contribution in [2.45, 2.75) is 35.8 Å². The Bertz CT molecular complexity index is 1340. The van der Waals surface area contributed by atoms with Gasteiger partial charge in [-0.25, -0.2) is 19.5 Å². The van der Waals surface area contributed by atoms with E-state index in [0.29, 0.717) is 16.8 Å². The van der Waals surface area contributed by atoms with E-state index >= 15 is 0 Å². The Balaban J connectivity index is 1.43. The van der Waals surface area contributed by atoms with Crippen LogP contribution in [0.5, 0.6) is 0 Å². The third-order valence-corrected chi connectivity index (χ3v) is 7.46. The molecule has 0 bridgehead atoms. The van der Waals surface area contributed by atoms with Gasteiger partial charge in [-0.3, -0.25) is 13.5 Å². The van der Waals surface area contributed by atoms with Crippen molar-refractivity contribution in [2.24, 2.45) is 0 Å². The quantitative estimate of drug-likeness (QED) is 0.125. The minimum Gasteiger partial charge on any atom is -0.390 e. The standard InChI is InChI=1S/C19H19IN5O6PS/c20-12-3-1-11(2-4-12)9-33-19-23-18-16(17-21-5-6-24(17)19)22-10-25(18)15-7-13(26)14(31-15)8-30-32(27,28)29/h1-6,10,13-15,26H,7-9H2,(H2,27,28,29)/t13-,14+,15+/m0/s1. The molecular weight excluding hydrogens is 584 g/mol. The van der Waals surface area contributed by atoms with Crippen LogP contribution in [0.4, 0.5) is 0 Å². The number of phosphoric ester groups is 1. The van der Waals surface area contributed by atoms with Gasteiger partial charge in [0.25, 0.3) is 0 Å². The molecule has 1 saturated heterocycles. The monoisotopic (exact) mass is 603 g/mol. The molecule has 3 atom stereocenters. The Morgan fingerprint density at radius 3 is 2.79 bits per heavy atom. The third kappa shape index (κ3) is 4.95. The lowest BCUT2D eigenvalue weighted by molar-refractivity contribution is -0.0424. The van der Waals surface area contributed by atoms with E-state index in [1.165, 1.54) is 9.13 Å². The van der Waals surface area contributed by atoms with Gasteiger partial charge in [-0.15, -0.1) is 0 Å². The maximum absolute atomic E-state index is 11.0. The number of hydrogen-bond donors (Lipinski definition) is 3. The van der Waals surface area contributed by atoms with E-state index < -0.39 is 32.9 Å². The third-order valence-electron chi connectivity index (χ3n) is 5.23. The molecule has 4 heterocycles. The first-order valence-electron chi connectivity index (χ1n) is 9.89. The molecule has 11 nitrogen and oxygen atoms in total. The van der Waals surface area contributed by atoms with Crippen LogP contribution < -0.4 is 0 Å². The second kappa shape index (κ2) is 9.23. The summed E-state index contributed by atoms with van der Waals surface area (Å²) in [6.07, 6.45) is 2.84. The van der Waals surface area contributed by atoms with Crippen LogP contribution >= 0.6 is 42.2 Å². The molecule has 0 amide bonds. The van der Waals surface area contributed by atoms with Crippen molar-refractivity contribution in [3.63, 3.8) is 0 Å². The second-order valence-electron chi connectivity index (χ2n) is 7.47. The van der Waals surface area contributed by atoms with E-state index in [2.05, 4.69) is 61.3 Å². The lowest BCUT2D eigenvalue weighted by Crippen LogP contribution is -2.25. The average molecular weight is 603 g/mol. The largest absolute Gasteiger partial charge is 0.469 e. The molecule has 3 N–H and O–H groups in total. The molecule has 0 spiro atoms. The highest BCUT2D eigenvalue weighted by atomic mass is 127. The van der Waals surface area contributed by atoms with Gasteiger partial charge in [-0.05, 0) is 40.3 Å². The molecule has 14 heteroatoms. The maximum Gasteiger partial charge on any atom is 0.469 e. The summed E-state index contributed by atoms with van der Waals surface area (Å²) in [5.74, 6) is 0.720. The van der Waals surface area contributed by atoms with Gasteiger partial charge in [-0.2, -0.15) is 0 Å². The summed E-state index contributed by atoms with van der Waals surface area (Å²) in [5, 5.41) is 11.0. The molecule has 1 fully saturated rings. The zero-order valence-corrected chi connectivity index (χ0v) is 20.8. The highest BCUT2D eigenvalue weighted by Gasteiger charge is 2.37. The molecule has 0 aliphatic carbocycles. The number of imidazole rings is 2. The predicted octanol–water partition coefficient (Wildman–Crippen LogP) is 2.73. The van der Waals surface area contributed by atoms with Crippen molar-refractivity contribution < 1.29 is 28.7 Å². The molecule has 33 heavy (non-hydrogen) atoms. The summed E-state index contributed by atoms with van der Waals surface area (Å²) in [6.45, 7) is -0.427. The van der Waals surface area contributed by atoms with Gasteiger partial charge >= 0.3 is 7.82 Å². The van der Waals surface area contributed by atoms with Gasteiger partial charge in [0.15, 0.2) is 22.0 Å². The van der Waals surface area contributed by atoms with E-state index in [-0.39, 0.29) is 6.42 Å². The zero-order chi connectivity index (χ0) is 23.2. The molecule has 174 valence electrons. The SMILES string of the molecule is O=P(O)(O)OC[C@H]1O[C@@H](n2cnc3c2nc(SCc2ccc(I)cc2)n2ccnc32)C[C@@H]1O. The van der Waals surface area contributed by atoms with Gasteiger partial charge in [0.05, 0.1) is 19.0 Å². The molecular formula is C19H19IN5O6PS. The van der Waals surface area contributed by atoms with Crippen LogP contribution in [0, 0.1) is 3.57 Å². The molecule has 1 aliphatic rings. The van der Waals surface area contributed by atoms with Crippen molar-refractivity contribution in [3.8, 4) is 0 Å². The normalized spacial score (nSPS) is 21.4. The van der Waals surface area contributed by atoms with Crippen molar-refractivity contribution in [1.29, 1.82) is 0 Å². The van der Waals surface area contributed by atoms with E-state index in [1.807, 2.05) is 10.6 Å². The van der Waals surface area contributed by atoms with Gasteiger partial charge in [0, 0.05) is 28.1 Å². The van der Waals surface area contributed by atoms with Crippen molar-refractivity contribution >= 4 is 59.0 Å². The lowest BCUT2D eigenvalue weighted by atomic mass is 10.2. The first kappa shape index (κ1) is 23.2. The van der Waals surface area contributed by atoms with Crippen molar-refractivity contribution in [3.05, 3.63) is 52.1 Å². The number of aromatic nitrogens is 5. The number of fused-ring (bicyclic) bond motifs is 3. The highest BCUT2D eigenvalue weighted by molar-refractivity contribution is 14.1. The minimum atomic E-state index is -4.66. The number of benzene rings is 1. The zero-order valence-electron chi connectivity index (χ0n) is 16.9. The molecule has 4 aromatic rings. The number of rotatable bonds is 7. The van der Waals surface area contributed by atoms with Crippen LogP contribution in [-0.4, -0.2) is 57.6 Å². The van der Waals surface area contributed by atoms with Crippen LogP contribution in [0.25, 0.3) is 16.8 Å². The minimum absolute atomic E-state index is 0.201. The van der Waals surface area contributed by atoms with Gasteiger partial charge in [0.2, 0.25) is 0 Å². The molecule has 0 saturated carbocycles. The Morgan fingerprint density at radius 1 is 1.24 bits per heavy atom. The fourth-order valence-electron chi connectivity index (χ4n) is 3.65. The fraction of sp³-hybridized carbons (Fsp3) is 0.316. The smallest absolute Gasteiger partial charge is 0.390 e. The number of nitrogens with zero attached hydrogens (tertiary/aromatic N) is 5. The van der Waals surface area contributed by atoms with Crippen LogP contribution in [0.2, 0.25) is 0 Å². The van der Waals surface area contributed by atoms with Gasteiger partial charge in [-0.1, -0.05) is 23.9 Å². The topological polar surface area (TPSA) is 144 Å². The van der Waals surface area contributed by atoms with Crippen LogP contribution in [0.3, 0.4) is 0 Å². The Labute approximate surface area is 205 Å². The van der Waals surface area contributed by atoms with E-state index in [9.17, 15) is 9.67 Å². The molecule has 1 aromatic carbocycles. The number of ether oxygens (including phenoxy) is 1. The first-order chi connectivity index (χ1) is 15.8. The number of halogens is 1. The molecule has 1 aliphatic heterocycles. The summed E-state index contributed by atoms with van der Waals surface area (Å²) < 4.78 is 26.1. The number of aliphatic hydroxyl groups is 1. The van der Waals surface area contributed by atoms with Crippen LogP contribution in [-0.2, 0) is 19.6 Å². The van der Waals surface area contributed by atoms with Crippen LogP contribution in [0.15, 0.2) is 48.1 Å². The summed E-state index contributed by atoms with van der Waals surface area (Å²) >= 11 is 3.84. The summed E-state index contributed by atoms with van der Waals surface area (Å²) in [7, 11) is -4.66. The number of aliphatic hydroxyl groups excluding tert-OH is 1. The molecule has 3 aromatic heterocycles.